The molecule has 0 radical (unpaired) electrons. The summed E-state index contributed by atoms with van der Waals surface area (Å²) in [6.45, 7) is 9.20. The summed E-state index contributed by atoms with van der Waals surface area (Å²) in [6, 6.07) is 6.60. The van der Waals surface area contributed by atoms with E-state index in [0.717, 1.165) is 0 Å². The quantitative estimate of drug-likeness (QED) is 0.700. The molecule has 1 saturated heterocycles. The molecule has 3 rings (SSSR count). The van der Waals surface area contributed by atoms with Crippen molar-refractivity contribution >= 4 is 17.6 Å². The molecule has 0 bridgehead atoms. The monoisotopic (exact) mass is 414 g/mol. The highest BCUT2D eigenvalue weighted by Gasteiger charge is 2.31. The molecule has 0 saturated carbocycles. The topological polar surface area (TPSA) is 75.6 Å². The van der Waals surface area contributed by atoms with E-state index in [9.17, 15) is 14.0 Å². The predicted molar refractivity (Wildman–Crippen MR) is 111 cm³/mol. The summed E-state index contributed by atoms with van der Waals surface area (Å²) < 4.78 is 19.3. The molecule has 0 atom stereocenters. The van der Waals surface area contributed by atoms with Crippen LogP contribution >= 0.6 is 0 Å². The smallest absolute Gasteiger partial charge is 0.342 e. The molecular formula is C22H27FN4O3. The van der Waals surface area contributed by atoms with Crippen LogP contribution in [0.15, 0.2) is 24.3 Å². The van der Waals surface area contributed by atoms with Gasteiger partial charge in [0.25, 0.3) is 5.91 Å². The number of nitrogens with zero attached hydrogens (tertiary/aromatic N) is 4. The number of anilines is 1. The van der Waals surface area contributed by atoms with Crippen molar-refractivity contribution < 1.29 is 18.7 Å². The van der Waals surface area contributed by atoms with Crippen LogP contribution in [0, 0.1) is 12.7 Å². The SMILES string of the molecule is CCOC(=O)c1c(C(=O)N2CCN(c3ccccc3F)CC2)nc(C)nc1C(C)C. The molecule has 8 heteroatoms. The molecule has 1 amide bonds. The molecule has 160 valence electrons. The number of benzene rings is 1. The maximum Gasteiger partial charge on any atom is 0.342 e. The molecule has 7 nitrogen and oxygen atoms in total. The Morgan fingerprint density at radius 3 is 2.40 bits per heavy atom. The van der Waals surface area contributed by atoms with Crippen LogP contribution in [0.1, 0.15) is 59.1 Å². The number of ether oxygens (including phenoxy) is 1. The number of amides is 1. The van der Waals surface area contributed by atoms with Crippen LogP contribution in [-0.2, 0) is 4.74 Å². The lowest BCUT2D eigenvalue weighted by Gasteiger charge is -2.36. The van der Waals surface area contributed by atoms with Gasteiger partial charge >= 0.3 is 5.97 Å². The first-order valence-electron chi connectivity index (χ1n) is 10.2. The number of halogens is 1. The van der Waals surface area contributed by atoms with E-state index in [1.165, 1.54) is 6.07 Å². The van der Waals surface area contributed by atoms with Crippen molar-refractivity contribution in [3.63, 3.8) is 0 Å². The third-order valence-electron chi connectivity index (χ3n) is 5.04. The molecule has 0 N–H and O–H groups in total. The number of aromatic nitrogens is 2. The van der Waals surface area contributed by atoms with Crippen LogP contribution in [-0.4, -0.2) is 59.5 Å². The van der Waals surface area contributed by atoms with Crippen molar-refractivity contribution in [3.8, 4) is 0 Å². The third kappa shape index (κ3) is 4.42. The van der Waals surface area contributed by atoms with Gasteiger partial charge in [0.1, 0.15) is 22.9 Å². The lowest BCUT2D eigenvalue weighted by atomic mass is 10.0. The fourth-order valence-corrected chi connectivity index (χ4v) is 3.58. The fraction of sp³-hybridized carbons (Fsp3) is 0.455. The van der Waals surface area contributed by atoms with Gasteiger partial charge in [-0.05, 0) is 31.9 Å². The van der Waals surface area contributed by atoms with Gasteiger partial charge in [-0.25, -0.2) is 19.2 Å². The van der Waals surface area contributed by atoms with E-state index in [1.807, 2.05) is 18.7 Å². The molecule has 1 aliphatic rings. The zero-order valence-corrected chi connectivity index (χ0v) is 17.8. The zero-order chi connectivity index (χ0) is 21.8. The van der Waals surface area contributed by atoms with Gasteiger partial charge in [-0.15, -0.1) is 0 Å². The van der Waals surface area contributed by atoms with E-state index in [1.54, 1.807) is 36.9 Å². The van der Waals surface area contributed by atoms with Crippen molar-refractivity contribution in [2.45, 2.75) is 33.6 Å². The van der Waals surface area contributed by atoms with Crippen molar-refractivity contribution in [1.29, 1.82) is 0 Å². The van der Waals surface area contributed by atoms with Gasteiger partial charge in [-0.3, -0.25) is 4.79 Å². The number of piperazine rings is 1. The summed E-state index contributed by atoms with van der Waals surface area (Å²) in [4.78, 5) is 38.2. The number of carbonyl (C=O) groups is 2. The summed E-state index contributed by atoms with van der Waals surface area (Å²) >= 11 is 0. The first kappa shape index (κ1) is 21.7. The van der Waals surface area contributed by atoms with Gasteiger partial charge in [0.05, 0.1) is 18.0 Å². The minimum absolute atomic E-state index is 0.0731. The molecule has 0 aliphatic carbocycles. The van der Waals surface area contributed by atoms with E-state index in [2.05, 4.69) is 9.97 Å². The van der Waals surface area contributed by atoms with Crippen LogP contribution in [0.5, 0.6) is 0 Å². The fourth-order valence-electron chi connectivity index (χ4n) is 3.58. The van der Waals surface area contributed by atoms with Crippen LogP contribution in [0.3, 0.4) is 0 Å². The van der Waals surface area contributed by atoms with E-state index >= 15 is 0 Å². The van der Waals surface area contributed by atoms with Gasteiger partial charge in [0, 0.05) is 26.2 Å². The minimum Gasteiger partial charge on any atom is -0.462 e. The van der Waals surface area contributed by atoms with Crippen LogP contribution in [0.25, 0.3) is 0 Å². The zero-order valence-electron chi connectivity index (χ0n) is 17.8. The normalized spacial score (nSPS) is 14.2. The Balaban J connectivity index is 1.87. The van der Waals surface area contributed by atoms with Crippen molar-refractivity contribution in [2.75, 3.05) is 37.7 Å². The van der Waals surface area contributed by atoms with E-state index in [4.69, 9.17) is 4.74 Å². The second kappa shape index (κ2) is 9.19. The number of carbonyl (C=O) groups excluding carboxylic acids is 2. The number of hydrogen-bond donors (Lipinski definition) is 0. The molecule has 0 spiro atoms. The summed E-state index contributed by atoms with van der Waals surface area (Å²) in [6.07, 6.45) is 0. The number of aryl methyl sites for hydroxylation is 1. The second-order valence-corrected chi connectivity index (χ2v) is 7.49. The van der Waals surface area contributed by atoms with E-state index < -0.39 is 5.97 Å². The first-order valence-corrected chi connectivity index (χ1v) is 10.2. The highest BCUT2D eigenvalue weighted by Crippen LogP contribution is 2.24. The number of esters is 1. The van der Waals surface area contributed by atoms with Gasteiger partial charge < -0.3 is 14.5 Å². The summed E-state index contributed by atoms with van der Waals surface area (Å²) in [5, 5.41) is 0. The van der Waals surface area contributed by atoms with Crippen LogP contribution < -0.4 is 4.90 Å². The molecule has 2 heterocycles. The lowest BCUT2D eigenvalue weighted by Crippen LogP contribution is -2.49. The van der Waals surface area contributed by atoms with Crippen LogP contribution in [0.2, 0.25) is 0 Å². The summed E-state index contributed by atoms with van der Waals surface area (Å²) in [5.74, 6) is -0.848. The maximum absolute atomic E-state index is 14.1. The Bertz CT molecular complexity index is 940. The Labute approximate surface area is 175 Å². The largest absolute Gasteiger partial charge is 0.462 e. The highest BCUT2D eigenvalue weighted by molar-refractivity contribution is 6.04. The van der Waals surface area contributed by atoms with E-state index in [-0.39, 0.29) is 35.5 Å². The minimum atomic E-state index is -0.588. The Morgan fingerprint density at radius 1 is 1.13 bits per heavy atom. The molecule has 1 aromatic carbocycles. The second-order valence-electron chi connectivity index (χ2n) is 7.49. The summed E-state index contributed by atoms with van der Waals surface area (Å²) in [5.41, 5.74) is 1.24. The first-order chi connectivity index (χ1) is 14.3. The molecular weight excluding hydrogens is 387 g/mol. The average Bonchev–Trinajstić information content (AvgIpc) is 2.73. The van der Waals surface area contributed by atoms with Gasteiger partial charge in [-0.1, -0.05) is 26.0 Å². The third-order valence-corrected chi connectivity index (χ3v) is 5.04. The summed E-state index contributed by atoms with van der Waals surface area (Å²) in [7, 11) is 0. The predicted octanol–water partition coefficient (Wildman–Crippen LogP) is 3.19. The lowest BCUT2D eigenvalue weighted by molar-refractivity contribution is 0.0514. The Kier molecular flexibility index (Phi) is 6.64. The molecule has 2 aromatic rings. The standard InChI is InChI=1S/C22H27FN4O3/c1-5-30-22(29)18-19(14(2)3)24-15(4)25-20(18)21(28)27-12-10-26(11-13-27)17-9-7-6-8-16(17)23/h6-9,14H,5,10-13H2,1-4H3. The number of para-hydroxylation sites is 1. The molecule has 1 fully saturated rings. The highest BCUT2D eigenvalue weighted by atomic mass is 19.1. The average molecular weight is 414 g/mol. The Hall–Kier alpha value is -3.03. The van der Waals surface area contributed by atoms with Crippen molar-refractivity contribution in [2.24, 2.45) is 0 Å². The van der Waals surface area contributed by atoms with Crippen LogP contribution in [0.4, 0.5) is 10.1 Å². The molecule has 0 unspecified atom stereocenters. The Morgan fingerprint density at radius 2 is 1.80 bits per heavy atom. The molecule has 30 heavy (non-hydrogen) atoms. The van der Waals surface area contributed by atoms with Gasteiger partial charge in [-0.2, -0.15) is 0 Å². The van der Waals surface area contributed by atoms with Gasteiger partial charge in [0.15, 0.2) is 0 Å². The van der Waals surface area contributed by atoms with E-state index in [0.29, 0.717) is 43.4 Å². The number of hydrogen-bond acceptors (Lipinski definition) is 6. The molecule has 1 aliphatic heterocycles. The van der Waals surface area contributed by atoms with Gasteiger partial charge in [0.2, 0.25) is 0 Å². The maximum atomic E-state index is 14.1. The van der Waals surface area contributed by atoms with Crippen molar-refractivity contribution in [1.82, 2.24) is 14.9 Å². The van der Waals surface area contributed by atoms with Crippen molar-refractivity contribution in [3.05, 3.63) is 52.9 Å². The molecule has 1 aromatic heterocycles. The number of rotatable bonds is 5.